The lowest BCUT2D eigenvalue weighted by atomic mass is 10.1. The quantitative estimate of drug-likeness (QED) is 0.823. The second-order valence-electron chi connectivity index (χ2n) is 7.83. The standard InChI is InChI=1S/C20H23ClN2O5/c1-20(2,3)28-19(26)23-8-6-13(7-9-23)22-18(25)17-11-15(24)14-5-4-12(21)10-16(14)27-17/h4-5,10-11,13H,6-9H2,1-3H3,(H,22,25). The first-order valence-electron chi connectivity index (χ1n) is 9.14. The van der Waals surface area contributed by atoms with Gasteiger partial charge in [-0.15, -0.1) is 0 Å². The number of carbonyl (C=O) groups is 2. The molecule has 1 aliphatic heterocycles. The lowest BCUT2D eigenvalue weighted by molar-refractivity contribution is 0.0199. The zero-order valence-corrected chi connectivity index (χ0v) is 16.8. The van der Waals surface area contributed by atoms with Gasteiger partial charge in [-0.1, -0.05) is 11.6 Å². The number of amides is 2. The average molecular weight is 407 g/mol. The van der Waals surface area contributed by atoms with E-state index in [1.165, 1.54) is 12.1 Å². The number of benzene rings is 1. The Morgan fingerprint density at radius 2 is 1.89 bits per heavy atom. The third kappa shape index (κ3) is 4.84. The molecule has 1 aromatic heterocycles. The van der Waals surface area contributed by atoms with Gasteiger partial charge in [0.25, 0.3) is 5.91 Å². The van der Waals surface area contributed by atoms with Gasteiger partial charge in [-0.25, -0.2) is 4.79 Å². The lowest BCUT2D eigenvalue weighted by Crippen LogP contribution is -2.47. The number of hydrogen-bond donors (Lipinski definition) is 1. The Morgan fingerprint density at radius 1 is 1.21 bits per heavy atom. The summed E-state index contributed by atoms with van der Waals surface area (Å²) in [6.07, 6.45) is 0.832. The molecule has 2 amide bonds. The molecule has 7 nitrogen and oxygen atoms in total. The summed E-state index contributed by atoms with van der Waals surface area (Å²) in [6, 6.07) is 5.73. The van der Waals surface area contributed by atoms with Gasteiger partial charge >= 0.3 is 6.09 Å². The van der Waals surface area contributed by atoms with Crippen molar-refractivity contribution in [1.82, 2.24) is 10.2 Å². The van der Waals surface area contributed by atoms with E-state index in [2.05, 4.69) is 5.32 Å². The van der Waals surface area contributed by atoms with Crippen LogP contribution >= 0.6 is 11.6 Å². The summed E-state index contributed by atoms with van der Waals surface area (Å²) < 4.78 is 10.9. The Kier molecular flexibility index (Phi) is 5.65. The van der Waals surface area contributed by atoms with E-state index in [1.807, 2.05) is 20.8 Å². The van der Waals surface area contributed by atoms with Crippen molar-refractivity contribution in [3.63, 3.8) is 0 Å². The van der Waals surface area contributed by atoms with Crippen molar-refractivity contribution < 1.29 is 18.7 Å². The fraction of sp³-hybridized carbons (Fsp3) is 0.450. The molecule has 1 saturated heterocycles. The van der Waals surface area contributed by atoms with Gasteiger partial charge in [-0.2, -0.15) is 0 Å². The van der Waals surface area contributed by atoms with E-state index in [4.69, 9.17) is 20.8 Å². The summed E-state index contributed by atoms with van der Waals surface area (Å²) in [5.41, 5.74) is -0.578. The number of carbonyl (C=O) groups excluding carboxylic acids is 2. The summed E-state index contributed by atoms with van der Waals surface area (Å²) in [7, 11) is 0. The summed E-state index contributed by atoms with van der Waals surface area (Å²) >= 11 is 5.93. The van der Waals surface area contributed by atoms with Crippen molar-refractivity contribution in [2.24, 2.45) is 0 Å². The molecule has 0 saturated carbocycles. The molecule has 0 atom stereocenters. The van der Waals surface area contributed by atoms with Crippen LogP contribution in [0, 0.1) is 0 Å². The van der Waals surface area contributed by atoms with Crippen LogP contribution < -0.4 is 10.7 Å². The molecule has 28 heavy (non-hydrogen) atoms. The topological polar surface area (TPSA) is 88.9 Å². The largest absolute Gasteiger partial charge is 0.451 e. The smallest absolute Gasteiger partial charge is 0.410 e. The molecule has 1 aliphatic rings. The van der Waals surface area contributed by atoms with E-state index in [-0.39, 0.29) is 28.9 Å². The Labute approximate surface area is 167 Å². The Bertz CT molecular complexity index is 955. The maximum atomic E-state index is 12.5. The van der Waals surface area contributed by atoms with Gasteiger partial charge < -0.3 is 19.4 Å². The first-order valence-corrected chi connectivity index (χ1v) is 9.52. The van der Waals surface area contributed by atoms with Gasteiger partial charge in [0.15, 0.2) is 11.2 Å². The highest BCUT2D eigenvalue weighted by Gasteiger charge is 2.28. The van der Waals surface area contributed by atoms with Crippen LogP contribution in [0.15, 0.2) is 33.5 Å². The number of nitrogens with one attached hydrogen (secondary N) is 1. The zero-order chi connectivity index (χ0) is 20.5. The first kappa shape index (κ1) is 20.2. The lowest BCUT2D eigenvalue weighted by Gasteiger charge is -2.33. The molecular weight excluding hydrogens is 384 g/mol. The second-order valence-corrected chi connectivity index (χ2v) is 8.27. The van der Waals surface area contributed by atoms with E-state index in [1.54, 1.807) is 17.0 Å². The number of likely N-dealkylation sites (tertiary alicyclic amines) is 1. The number of nitrogens with zero attached hydrogens (tertiary/aromatic N) is 1. The molecule has 3 rings (SSSR count). The highest BCUT2D eigenvalue weighted by Crippen LogP contribution is 2.19. The van der Waals surface area contributed by atoms with Gasteiger partial charge in [0.1, 0.15) is 11.2 Å². The minimum Gasteiger partial charge on any atom is -0.451 e. The first-order chi connectivity index (χ1) is 13.1. The Hall–Kier alpha value is -2.54. The Balaban J connectivity index is 1.63. The predicted octanol–water partition coefficient (Wildman–Crippen LogP) is 3.58. The average Bonchev–Trinajstić information content (AvgIpc) is 2.60. The molecule has 2 aromatic rings. The number of halogens is 1. The SMILES string of the molecule is CC(C)(C)OC(=O)N1CCC(NC(=O)c2cc(=O)c3ccc(Cl)cc3o2)CC1. The van der Waals surface area contributed by atoms with Crippen LogP contribution in [0.25, 0.3) is 11.0 Å². The highest BCUT2D eigenvalue weighted by atomic mass is 35.5. The number of ether oxygens (including phenoxy) is 1. The maximum absolute atomic E-state index is 12.5. The number of fused-ring (bicyclic) bond motifs is 1. The molecule has 2 heterocycles. The van der Waals surface area contributed by atoms with Crippen LogP contribution in [-0.2, 0) is 4.74 Å². The molecule has 8 heteroatoms. The van der Waals surface area contributed by atoms with Gasteiger partial charge in [-0.05, 0) is 45.7 Å². The third-order valence-electron chi connectivity index (χ3n) is 4.40. The normalized spacial score (nSPS) is 15.5. The molecule has 0 radical (unpaired) electrons. The summed E-state index contributed by atoms with van der Waals surface area (Å²) in [6.45, 7) is 6.43. The van der Waals surface area contributed by atoms with E-state index >= 15 is 0 Å². The third-order valence-corrected chi connectivity index (χ3v) is 4.63. The zero-order valence-electron chi connectivity index (χ0n) is 16.1. The summed E-state index contributed by atoms with van der Waals surface area (Å²) in [5.74, 6) is -0.524. The van der Waals surface area contributed by atoms with Crippen LogP contribution in [0.3, 0.4) is 0 Å². The van der Waals surface area contributed by atoms with Crippen LogP contribution in [0.1, 0.15) is 44.2 Å². The van der Waals surface area contributed by atoms with Crippen molar-refractivity contribution in [1.29, 1.82) is 0 Å². The monoisotopic (exact) mass is 406 g/mol. The van der Waals surface area contributed by atoms with Crippen LogP contribution in [0.4, 0.5) is 4.79 Å². The van der Waals surface area contributed by atoms with Crippen molar-refractivity contribution in [3.05, 3.63) is 45.3 Å². The molecule has 1 aromatic carbocycles. The van der Waals surface area contributed by atoms with Crippen LogP contribution in [0.5, 0.6) is 0 Å². The molecule has 0 unspecified atom stereocenters. The van der Waals surface area contributed by atoms with Crippen molar-refractivity contribution >= 4 is 34.6 Å². The van der Waals surface area contributed by atoms with E-state index in [9.17, 15) is 14.4 Å². The van der Waals surface area contributed by atoms with Gasteiger partial charge in [0.05, 0.1) is 5.39 Å². The van der Waals surface area contributed by atoms with Gasteiger partial charge in [-0.3, -0.25) is 9.59 Å². The fourth-order valence-electron chi connectivity index (χ4n) is 3.03. The molecule has 1 N–H and O–H groups in total. The molecule has 0 aliphatic carbocycles. The number of rotatable bonds is 2. The maximum Gasteiger partial charge on any atom is 0.410 e. The highest BCUT2D eigenvalue weighted by molar-refractivity contribution is 6.31. The molecule has 1 fully saturated rings. The molecule has 0 spiro atoms. The van der Waals surface area contributed by atoms with Gasteiger partial charge in [0.2, 0.25) is 0 Å². The number of piperidine rings is 1. The minimum absolute atomic E-state index is 0.0608. The fourth-order valence-corrected chi connectivity index (χ4v) is 3.19. The summed E-state index contributed by atoms with van der Waals surface area (Å²) in [4.78, 5) is 38.5. The van der Waals surface area contributed by atoms with Crippen molar-refractivity contribution in [2.45, 2.75) is 45.3 Å². The van der Waals surface area contributed by atoms with Crippen LogP contribution in [-0.4, -0.2) is 41.6 Å². The van der Waals surface area contributed by atoms with E-state index < -0.39 is 11.5 Å². The minimum atomic E-state index is -0.543. The van der Waals surface area contributed by atoms with E-state index in [0.717, 1.165) is 0 Å². The molecule has 150 valence electrons. The predicted molar refractivity (Wildman–Crippen MR) is 106 cm³/mol. The second kappa shape index (κ2) is 7.83. The molecular formula is C20H23ClN2O5. The summed E-state index contributed by atoms with van der Waals surface area (Å²) in [5, 5.41) is 3.65. The number of hydrogen-bond acceptors (Lipinski definition) is 5. The van der Waals surface area contributed by atoms with Gasteiger partial charge in [0, 0.05) is 36.3 Å². The van der Waals surface area contributed by atoms with Crippen molar-refractivity contribution in [3.8, 4) is 0 Å². The van der Waals surface area contributed by atoms with Crippen LogP contribution in [0.2, 0.25) is 5.02 Å². The molecule has 0 bridgehead atoms. The van der Waals surface area contributed by atoms with E-state index in [0.29, 0.717) is 36.3 Å². The Morgan fingerprint density at radius 3 is 2.54 bits per heavy atom. The van der Waals surface area contributed by atoms with Crippen molar-refractivity contribution in [2.75, 3.05) is 13.1 Å².